The molecular weight excluding hydrogens is 304 g/mol. The molecule has 0 bridgehead atoms. The summed E-state index contributed by atoms with van der Waals surface area (Å²) in [7, 11) is 0. The van der Waals surface area contributed by atoms with Gasteiger partial charge in [0.1, 0.15) is 24.0 Å². The van der Waals surface area contributed by atoms with Crippen molar-refractivity contribution < 1.29 is 14.3 Å². The van der Waals surface area contributed by atoms with Gasteiger partial charge in [-0.15, -0.1) is 0 Å². The molecule has 0 saturated heterocycles. The lowest BCUT2D eigenvalue weighted by Gasteiger charge is -2.22. The molecule has 0 saturated carbocycles. The highest BCUT2D eigenvalue weighted by Gasteiger charge is 2.22. The Morgan fingerprint density at radius 3 is 2.29 bits per heavy atom. The summed E-state index contributed by atoms with van der Waals surface area (Å²) in [5.41, 5.74) is 7.41. The molecule has 0 amide bonds. The first-order valence-electron chi connectivity index (χ1n) is 7.92. The average molecular weight is 328 g/mol. The Hall–Kier alpha value is -2.40. The predicted molar refractivity (Wildman–Crippen MR) is 92.5 cm³/mol. The highest BCUT2D eigenvalue weighted by molar-refractivity contribution is 5.76. The number of ether oxygens (including phenoxy) is 2. The molecule has 0 unspecified atom stereocenters. The van der Waals surface area contributed by atoms with Crippen LogP contribution in [-0.4, -0.2) is 22.6 Å². The maximum atomic E-state index is 11.9. The van der Waals surface area contributed by atoms with Gasteiger partial charge in [0.15, 0.2) is 0 Å². The van der Waals surface area contributed by atoms with E-state index in [0.717, 1.165) is 16.9 Å². The van der Waals surface area contributed by atoms with Crippen molar-refractivity contribution in [3.05, 3.63) is 59.9 Å². The molecule has 0 spiro atoms. The molecule has 5 nitrogen and oxygen atoms in total. The highest BCUT2D eigenvalue weighted by Crippen LogP contribution is 2.16. The van der Waals surface area contributed by atoms with Gasteiger partial charge in [-0.1, -0.05) is 12.1 Å². The number of esters is 1. The van der Waals surface area contributed by atoms with E-state index in [9.17, 15) is 4.79 Å². The van der Waals surface area contributed by atoms with E-state index in [0.29, 0.717) is 13.0 Å². The van der Waals surface area contributed by atoms with Crippen LogP contribution in [0.2, 0.25) is 0 Å². The van der Waals surface area contributed by atoms with Gasteiger partial charge in [-0.2, -0.15) is 0 Å². The van der Waals surface area contributed by atoms with Crippen molar-refractivity contribution in [3.63, 3.8) is 0 Å². The molecule has 1 aromatic carbocycles. The standard InChI is InChI=1S/C19H24N2O3/c1-19(2,3)24-18(22)17(20)12-14-4-6-16(7-5-14)23-13-15-8-10-21-11-9-15/h4-11,17H,12-13,20H2,1-3H3/t17-/m0/s1. The third-order valence-electron chi connectivity index (χ3n) is 3.24. The molecule has 2 rings (SSSR count). The first-order valence-corrected chi connectivity index (χ1v) is 7.92. The smallest absolute Gasteiger partial charge is 0.323 e. The number of benzene rings is 1. The second kappa shape index (κ2) is 7.93. The number of hydrogen-bond acceptors (Lipinski definition) is 5. The van der Waals surface area contributed by atoms with Crippen LogP contribution < -0.4 is 10.5 Å². The molecule has 0 aliphatic carbocycles. The van der Waals surface area contributed by atoms with Crippen molar-refractivity contribution in [1.29, 1.82) is 0 Å². The van der Waals surface area contributed by atoms with Crippen LogP contribution in [0.1, 0.15) is 31.9 Å². The van der Waals surface area contributed by atoms with Crippen LogP contribution in [-0.2, 0) is 22.6 Å². The van der Waals surface area contributed by atoms with E-state index in [-0.39, 0.29) is 5.97 Å². The molecule has 24 heavy (non-hydrogen) atoms. The van der Waals surface area contributed by atoms with E-state index in [1.165, 1.54) is 0 Å². The van der Waals surface area contributed by atoms with Gasteiger partial charge in [0.05, 0.1) is 0 Å². The summed E-state index contributed by atoms with van der Waals surface area (Å²) in [6.45, 7) is 5.96. The van der Waals surface area contributed by atoms with Crippen LogP contribution in [0.4, 0.5) is 0 Å². The van der Waals surface area contributed by atoms with E-state index in [4.69, 9.17) is 15.2 Å². The van der Waals surface area contributed by atoms with Gasteiger partial charge >= 0.3 is 5.97 Å². The van der Waals surface area contributed by atoms with Gasteiger partial charge in [-0.05, 0) is 62.6 Å². The zero-order valence-electron chi connectivity index (χ0n) is 14.4. The van der Waals surface area contributed by atoms with Crippen LogP contribution in [0, 0.1) is 0 Å². The number of rotatable bonds is 6. The quantitative estimate of drug-likeness (QED) is 0.825. The zero-order chi connectivity index (χ0) is 17.6. The number of carbonyl (C=O) groups excluding carboxylic acids is 1. The van der Waals surface area contributed by atoms with Crippen molar-refractivity contribution in [1.82, 2.24) is 4.98 Å². The van der Waals surface area contributed by atoms with Crippen LogP contribution in [0.5, 0.6) is 5.75 Å². The monoisotopic (exact) mass is 328 g/mol. The fourth-order valence-electron chi connectivity index (χ4n) is 2.08. The first-order chi connectivity index (χ1) is 11.3. The summed E-state index contributed by atoms with van der Waals surface area (Å²) in [5.74, 6) is 0.377. The van der Waals surface area contributed by atoms with Gasteiger partial charge in [-0.3, -0.25) is 9.78 Å². The molecule has 0 aliphatic rings. The number of carbonyl (C=O) groups is 1. The second-order valence-corrected chi connectivity index (χ2v) is 6.63. The molecule has 1 aromatic heterocycles. The van der Waals surface area contributed by atoms with Crippen molar-refractivity contribution in [2.75, 3.05) is 0 Å². The van der Waals surface area contributed by atoms with E-state index in [1.807, 2.05) is 57.2 Å². The lowest BCUT2D eigenvalue weighted by atomic mass is 10.1. The molecular formula is C19H24N2O3. The van der Waals surface area contributed by atoms with Crippen molar-refractivity contribution >= 4 is 5.97 Å². The summed E-state index contributed by atoms with van der Waals surface area (Å²) in [4.78, 5) is 15.9. The number of pyridine rings is 1. The first kappa shape index (κ1) is 17.9. The number of nitrogens with two attached hydrogens (primary N) is 1. The maximum absolute atomic E-state index is 11.9. The minimum atomic E-state index is -0.673. The minimum absolute atomic E-state index is 0.388. The van der Waals surface area contributed by atoms with Crippen LogP contribution in [0.3, 0.4) is 0 Å². The number of hydrogen-bond donors (Lipinski definition) is 1. The van der Waals surface area contributed by atoms with E-state index < -0.39 is 11.6 Å². The SMILES string of the molecule is CC(C)(C)OC(=O)[C@@H](N)Cc1ccc(OCc2ccncc2)cc1. The van der Waals surface area contributed by atoms with Gasteiger partial charge in [0.2, 0.25) is 0 Å². The van der Waals surface area contributed by atoms with Crippen LogP contribution in [0.25, 0.3) is 0 Å². The largest absolute Gasteiger partial charge is 0.489 e. The highest BCUT2D eigenvalue weighted by atomic mass is 16.6. The van der Waals surface area contributed by atoms with Crippen molar-refractivity contribution in [3.8, 4) is 5.75 Å². The van der Waals surface area contributed by atoms with Gasteiger partial charge < -0.3 is 15.2 Å². The fourth-order valence-corrected chi connectivity index (χ4v) is 2.08. The molecule has 128 valence electrons. The average Bonchev–Trinajstić information content (AvgIpc) is 2.53. The molecule has 0 fully saturated rings. The van der Waals surface area contributed by atoms with Gasteiger partial charge in [0, 0.05) is 12.4 Å². The molecule has 0 aliphatic heterocycles. The van der Waals surface area contributed by atoms with E-state index in [2.05, 4.69) is 4.98 Å². The summed E-state index contributed by atoms with van der Waals surface area (Å²) in [6, 6.07) is 10.7. The maximum Gasteiger partial charge on any atom is 0.323 e. The fraction of sp³-hybridized carbons (Fsp3) is 0.368. The Morgan fingerprint density at radius 1 is 1.08 bits per heavy atom. The molecule has 0 radical (unpaired) electrons. The topological polar surface area (TPSA) is 74.4 Å². The minimum Gasteiger partial charge on any atom is -0.489 e. The van der Waals surface area contributed by atoms with E-state index in [1.54, 1.807) is 12.4 Å². The Bertz CT molecular complexity index is 649. The number of aromatic nitrogens is 1. The summed E-state index contributed by atoms with van der Waals surface area (Å²) in [5, 5.41) is 0. The molecule has 2 aromatic rings. The molecule has 1 atom stereocenters. The molecule has 1 heterocycles. The van der Waals surface area contributed by atoms with Gasteiger partial charge in [0.25, 0.3) is 0 Å². The zero-order valence-corrected chi connectivity index (χ0v) is 14.4. The summed E-state index contributed by atoms with van der Waals surface area (Å²) in [6.07, 6.45) is 3.90. The lowest BCUT2D eigenvalue weighted by Crippen LogP contribution is -2.38. The Balaban J connectivity index is 1.86. The molecule has 2 N–H and O–H groups in total. The van der Waals surface area contributed by atoms with Crippen LogP contribution >= 0.6 is 0 Å². The Morgan fingerprint density at radius 2 is 1.71 bits per heavy atom. The summed E-state index contributed by atoms with van der Waals surface area (Å²) >= 11 is 0. The predicted octanol–water partition coefficient (Wildman–Crippen LogP) is 2.87. The third-order valence-corrected chi connectivity index (χ3v) is 3.24. The van der Waals surface area contributed by atoms with Crippen molar-refractivity contribution in [2.24, 2.45) is 5.73 Å². The number of nitrogens with zero attached hydrogens (tertiary/aromatic N) is 1. The summed E-state index contributed by atoms with van der Waals surface area (Å²) < 4.78 is 11.0. The normalized spacial score (nSPS) is 12.5. The Kier molecular flexibility index (Phi) is 5.93. The van der Waals surface area contributed by atoms with Crippen LogP contribution in [0.15, 0.2) is 48.8 Å². The van der Waals surface area contributed by atoms with Gasteiger partial charge in [-0.25, -0.2) is 0 Å². The Labute approximate surface area is 142 Å². The second-order valence-electron chi connectivity index (χ2n) is 6.63. The van der Waals surface area contributed by atoms with E-state index >= 15 is 0 Å². The lowest BCUT2D eigenvalue weighted by molar-refractivity contribution is -0.156. The third kappa shape index (κ3) is 6.01. The molecule has 5 heteroatoms. The van der Waals surface area contributed by atoms with Crippen molar-refractivity contribution in [2.45, 2.75) is 45.4 Å².